The number of nitrogens with zero attached hydrogens (tertiary/aromatic N) is 2. The molecule has 0 spiro atoms. The second-order valence-corrected chi connectivity index (χ2v) is 6.85. The van der Waals surface area contributed by atoms with Gasteiger partial charge in [-0.15, -0.1) is 0 Å². The lowest BCUT2D eigenvalue weighted by Gasteiger charge is -2.41. The summed E-state index contributed by atoms with van der Waals surface area (Å²) in [6, 6.07) is 0.549. The number of rotatable bonds is 3. The van der Waals surface area contributed by atoms with Crippen LogP contribution in [0.5, 0.6) is 0 Å². The van der Waals surface area contributed by atoms with Crippen LogP contribution in [0.2, 0.25) is 0 Å². The van der Waals surface area contributed by atoms with E-state index in [2.05, 4.69) is 37.5 Å². The van der Waals surface area contributed by atoms with Crippen molar-refractivity contribution in [2.75, 3.05) is 39.3 Å². The second kappa shape index (κ2) is 5.08. The van der Waals surface area contributed by atoms with E-state index in [0.29, 0.717) is 6.04 Å². The van der Waals surface area contributed by atoms with Gasteiger partial charge in [-0.2, -0.15) is 0 Å². The van der Waals surface area contributed by atoms with E-state index >= 15 is 0 Å². The van der Waals surface area contributed by atoms with Gasteiger partial charge >= 0.3 is 0 Å². The highest BCUT2D eigenvalue weighted by Gasteiger charge is 2.48. The van der Waals surface area contributed by atoms with E-state index in [4.69, 9.17) is 10.5 Å². The SMILES string of the molecule is CC1(C)CC(N2CCN(CCN)CC2)C(C)(C)O1. The lowest BCUT2D eigenvalue weighted by molar-refractivity contribution is -0.0834. The molecule has 2 aliphatic heterocycles. The minimum Gasteiger partial charge on any atom is -0.368 e. The van der Waals surface area contributed by atoms with Gasteiger partial charge in [0.25, 0.3) is 0 Å². The van der Waals surface area contributed by atoms with E-state index in [1.807, 2.05) is 0 Å². The topological polar surface area (TPSA) is 41.7 Å². The zero-order chi connectivity index (χ0) is 13.4. The van der Waals surface area contributed by atoms with Crippen molar-refractivity contribution in [1.29, 1.82) is 0 Å². The van der Waals surface area contributed by atoms with Gasteiger partial charge in [0.2, 0.25) is 0 Å². The van der Waals surface area contributed by atoms with E-state index in [1.54, 1.807) is 0 Å². The third-order valence-corrected chi connectivity index (χ3v) is 4.32. The van der Waals surface area contributed by atoms with Gasteiger partial charge in [-0.3, -0.25) is 9.80 Å². The summed E-state index contributed by atoms with van der Waals surface area (Å²) in [6.45, 7) is 15.3. The standard InChI is InChI=1S/C14H29N3O/c1-13(2)11-12(14(3,4)18-13)17-9-7-16(6-5-15)8-10-17/h12H,5-11,15H2,1-4H3. The predicted molar refractivity (Wildman–Crippen MR) is 74.7 cm³/mol. The van der Waals surface area contributed by atoms with Crippen molar-refractivity contribution in [3.8, 4) is 0 Å². The summed E-state index contributed by atoms with van der Waals surface area (Å²) in [4.78, 5) is 5.08. The average molecular weight is 255 g/mol. The molecule has 4 heteroatoms. The smallest absolute Gasteiger partial charge is 0.0789 e. The zero-order valence-corrected chi connectivity index (χ0v) is 12.4. The molecule has 0 aromatic carbocycles. The summed E-state index contributed by atoms with van der Waals surface area (Å²) >= 11 is 0. The average Bonchev–Trinajstić information content (AvgIpc) is 2.48. The summed E-state index contributed by atoms with van der Waals surface area (Å²) < 4.78 is 6.20. The molecule has 106 valence electrons. The molecule has 1 atom stereocenters. The Morgan fingerprint density at radius 1 is 1.11 bits per heavy atom. The molecule has 2 rings (SSSR count). The Morgan fingerprint density at radius 3 is 2.17 bits per heavy atom. The van der Waals surface area contributed by atoms with Crippen molar-refractivity contribution in [2.24, 2.45) is 5.73 Å². The first-order valence-corrected chi connectivity index (χ1v) is 7.21. The molecule has 0 amide bonds. The zero-order valence-electron chi connectivity index (χ0n) is 12.4. The highest BCUT2D eigenvalue weighted by Crippen LogP contribution is 2.40. The third-order valence-electron chi connectivity index (χ3n) is 4.32. The molecule has 2 heterocycles. The summed E-state index contributed by atoms with van der Waals surface area (Å²) in [5.41, 5.74) is 5.61. The molecule has 2 fully saturated rings. The first kappa shape index (κ1) is 14.3. The fourth-order valence-corrected chi connectivity index (χ4v) is 3.58. The van der Waals surface area contributed by atoms with Crippen LogP contribution in [0, 0.1) is 0 Å². The van der Waals surface area contributed by atoms with E-state index in [9.17, 15) is 0 Å². The minimum absolute atomic E-state index is 0.0164. The van der Waals surface area contributed by atoms with Gasteiger partial charge in [-0.05, 0) is 34.1 Å². The maximum Gasteiger partial charge on any atom is 0.0789 e. The second-order valence-electron chi connectivity index (χ2n) is 6.85. The number of hydrogen-bond acceptors (Lipinski definition) is 4. The highest BCUT2D eigenvalue weighted by atomic mass is 16.5. The Morgan fingerprint density at radius 2 is 1.72 bits per heavy atom. The summed E-state index contributed by atoms with van der Waals surface area (Å²) in [5, 5.41) is 0. The quantitative estimate of drug-likeness (QED) is 0.814. The molecule has 4 nitrogen and oxygen atoms in total. The molecule has 0 radical (unpaired) electrons. The van der Waals surface area contributed by atoms with Crippen molar-refractivity contribution >= 4 is 0 Å². The van der Waals surface area contributed by atoms with Crippen molar-refractivity contribution in [3.63, 3.8) is 0 Å². The number of piperazine rings is 1. The van der Waals surface area contributed by atoms with Crippen LogP contribution in [-0.2, 0) is 4.74 Å². The van der Waals surface area contributed by atoms with E-state index < -0.39 is 0 Å². The predicted octanol–water partition coefficient (Wildman–Crippen LogP) is 0.909. The molecule has 18 heavy (non-hydrogen) atoms. The molecule has 2 saturated heterocycles. The number of ether oxygens (including phenoxy) is 1. The summed E-state index contributed by atoms with van der Waals surface area (Å²) in [6.07, 6.45) is 1.14. The molecular weight excluding hydrogens is 226 g/mol. The van der Waals surface area contributed by atoms with E-state index in [-0.39, 0.29) is 11.2 Å². The largest absolute Gasteiger partial charge is 0.368 e. The van der Waals surface area contributed by atoms with Gasteiger partial charge in [0.15, 0.2) is 0 Å². The monoisotopic (exact) mass is 255 g/mol. The van der Waals surface area contributed by atoms with Gasteiger partial charge in [0.05, 0.1) is 11.2 Å². The molecular formula is C14H29N3O. The Hall–Kier alpha value is -0.160. The van der Waals surface area contributed by atoms with Gasteiger partial charge in [0.1, 0.15) is 0 Å². The van der Waals surface area contributed by atoms with Crippen LogP contribution in [0.1, 0.15) is 34.1 Å². The Kier molecular flexibility index (Phi) is 4.02. The Labute approximate surface area is 111 Å². The van der Waals surface area contributed by atoms with Crippen LogP contribution >= 0.6 is 0 Å². The van der Waals surface area contributed by atoms with Gasteiger partial charge in [-0.1, -0.05) is 0 Å². The van der Waals surface area contributed by atoms with Crippen molar-refractivity contribution in [1.82, 2.24) is 9.80 Å². The normalized spacial score (nSPS) is 32.8. The Bertz CT molecular complexity index is 283. The van der Waals surface area contributed by atoms with Crippen molar-refractivity contribution < 1.29 is 4.74 Å². The molecule has 0 saturated carbocycles. The lowest BCUT2D eigenvalue weighted by Crippen LogP contribution is -2.55. The van der Waals surface area contributed by atoms with Crippen LogP contribution in [0.4, 0.5) is 0 Å². The maximum absolute atomic E-state index is 6.20. The van der Waals surface area contributed by atoms with Crippen molar-refractivity contribution in [3.05, 3.63) is 0 Å². The summed E-state index contributed by atoms with van der Waals surface area (Å²) in [5.74, 6) is 0. The first-order valence-electron chi connectivity index (χ1n) is 7.21. The molecule has 2 aliphatic rings. The molecule has 0 aliphatic carbocycles. The molecule has 0 bridgehead atoms. The molecule has 0 aromatic heterocycles. The highest BCUT2D eigenvalue weighted by molar-refractivity contribution is 5.00. The fourth-order valence-electron chi connectivity index (χ4n) is 3.58. The van der Waals surface area contributed by atoms with Crippen LogP contribution in [0.3, 0.4) is 0 Å². The Balaban J connectivity index is 1.93. The first-order chi connectivity index (χ1) is 8.34. The van der Waals surface area contributed by atoms with Crippen LogP contribution in [0.15, 0.2) is 0 Å². The fraction of sp³-hybridized carbons (Fsp3) is 1.00. The number of nitrogens with two attached hydrogens (primary N) is 1. The van der Waals surface area contributed by atoms with Crippen LogP contribution < -0.4 is 5.73 Å². The van der Waals surface area contributed by atoms with Gasteiger partial charge in [-0.25, -0.2) is 0 Å². The van der Waals surface area contributed by atoms with Crippen LogP contribution in [-0.4, -0.2) is 66.3 Å². The third kappa shape index (κ3) is 3.05. The lowest BCUT2D eigenvalue weighted by atomic mass is 9.92. The maximum atomic E-state index is 6.20. The summed E-state index contributed by atoms with van der Waals surface area (Å²) in [7, 11) is 0. The molecule has 0 aromatic rings. The van der Waals surface area contributed by atoms with E-state index in [0.717, 1.165) is 45.7 Å². The molecule has 2 N–H and O–H groups in total. The van der Waals surface area contributed by atoms with E-state index in [1.165, 1.54) is 0 Å². The van der Waals surface area contributed by atoms with Gasteiger partial charge < -0.3 is 10.5 Å². The van der Waals surface area contributed by atoms with Crippen LogP contribution in [0.25, 0.3) is 0 Å². The number of hydrogen-bond donors (Lipinski definition) is 1. The minimum atomic E-state index is -0.0282. The van der Waals surface area contributed by atoms with Crippen molar-refractivity contribution in [2.45, 2.75) is 51.4 Å². The van der Waals surface area contributed by atoms with Gasteiger partial charge in [0, 0.05) is 45.3 Å². The molecule has 1 unspecified atom stereocenters.